The van der Waals surface area contributed by atoms with Gasteiger partial charge in [0, 0.05) is 30.5 Å². The Labute approximate surface area is 182 Å². The van der Waals surface area contributed by atoms with Gasteiger partial charge in [-0.2, -0.15) is 0 Å². The van der Waals surface area contributed by atoms with Crippen molar-refractivity contribution < 1.29 is 0 Å². The second-order valence-electron chi connectivity index (χ2n) is 8.19. The number of piperidine rings is 1. The lowest BCUT2D eigenvalue weighted by Gasteiger charge is -2.26. The van der Waals surface area contributed by atoms with E-state index in [1.807, 2.05) is 47.9 Å². The minimum atomic E-state index is 0.696. The van der Waals surface area contributed by atoms with E-state index in [-0.39, 0.29) is 0 Å². The summed E-state index contributed by atoms with van der Waals surface area (Å²) in [4.78, 5) is 12.1. The highest BCUT2D eigenvalue weighted by Gasteiger charge is 2.12. The Kier molecular flexibility index (Phi) is 5.63. The lowest BCUT2D eigenvalue weighted by Crippen LogP contribution is -2.32. The summed E-state index contributed by atoms with van der Waals surface area (Å²) in [5, 5.41) is 4.61. The number of rotatable bonds is 6. The zero-order chi connectivity index (χ0) is 21.0. The summed E-state index contributed by atoms with van der Waals surface area (Å²) >= 11 is 0. The summed E-state index contributed by atoms with van der Waals surface area (Å²) in [6.07, 6.45) is 10.1. The van der Waals surface area contributed by atoms with Gasteiger partial charge in [-0.3, -0.25) is 0 Å². The number of aromatic nitrogens is 5. The molecule has 0 amide bonds. The summed E-state index contributed by atoms with van der Waals surface area (Å²) in [5.74, 6) is 1.63. The molecule has 1 aromatic carbocycles. The molecule has 0 N–H and O–H groups in total. The Morgan fingerprint density at radius 1 is 0.871 bits per heavy atom. The summed E-state index contributed by atoms with van der Waals surface area (Å²) < 4.78 is 4.13. The van der Waals surface area contributed by atoms with Gasteiger partial charge < -0.3 is 9.47 Å². The quantitative estimate of drug-likeness (QED) is 0.466. The van der Waals surface area contributed by atoms with Gasteiger partial charge in [0.1, 0.15) is 5.82 Å². The van der Waals surface area contributed by atoms with Crippen LogP contribution in [0.15, 0.2) is 54.7 Å². The Balaban J connectivity index is 1.42. The zero-order valence-electron chi connectivity index (χ0n) is 18.0. The number of aryl methyl sites for hydroxylation is 1. The lowest BCUT2D eigenvalue weighted by atomic mass is 10.1. The average molecular weight is 413 g/mol. The molecule has 4 heterocycles. The minimum absolute atomic E-state index is 0.696. The van der Waals surface area contributed by atoms with Crippen LogP contribution in [0.5, 0.6) is 0 Å². The van der Waals surface area contributed by atoms with Gasteiger partial charge in [-0.15, -0.1) is 5.10 Å². The van der Waals surface area contributed by atoms with Crippen LogP contribution < -0.4 is 0 Å². The van der Waals surface area contributed by atoms with Gasteiger partial charge in [-0.1, -0.05) is 42.8 Å². The minimum Gasteiger partial charge on any atom is -0.330 e. The van der Waals surface area contributed by atoms with Gasteiger partial charge in [0.2, 0.25) is 0 Å². The van der Waals surface area contributed by atoms with E-state index in [9.17, 15) is 0 Å². The SMILES string of the molecule is Cc1cccc2nc(/C=C/c3nc(-c4ccccc4)cn3CCN3CCCCC3)nn12. The monoisotopic (exact) mass is 412 g/mol. The van der Waals surface area contributed by atoms with E-state index in [2.05, 4.69) is 50.0 Å². The number of likely N-dealkylation sites (tertiary alicyclic amines) is 1. The predicted octanol–water partition coefficient (Wildman–Crippen LogP) is 4.56. The van der Waals surface area contributed by atoms with Gasteiger partial charge in [0.25, 0.3) is 0 Å². The summed E-state index contributed by atoms with van der Waals surface area (Å²) in [6.45, 7) is 6.43. The van der Waals surface area contributed by atoms with Gasteiger partial charge in [0.15, 0.2) is 11.5 Å². The third kappa shape index (κ3) is 4.44. The van der Waals surface area contributed by atoms with Gasteiger partial charge in [-0.05, 0) is 57.1 Å². The van der Waals surface area contributed by atoms with Crippen molar-refractivity contribution in [3.8, 4) is 11.3 Å². The fraction of sp³-hybridized carbons (Fsp3) is 0.320. The third-order valence-corrected chi connectivity index (χ3v) is 5.93. The molecular formula is C25H28N6. The van der Waals surface area contributed by atoms with Crippen molar-refractivity contribution in [3.05, 3.63) is 72.1 Å². The molecule has 1 aliphatic heterocycles. The highest BCUT2D eigenvalue weighted by Crippen LogP contribution is 2.20. The van der Waals surface area contributed by atoms with E-state index in [0.717, 1.165) is 41.5 Å². The molecule has 4 aromatic rings. The second kappa shape index (κ2) is 8.86. The third-order valence-electron chi connectivity index (χ3n) is 5.93. The topological polar surface area (TPSA) is 51.2 Å². The van der Waals surface area contributed by atoms with Crippen molar-refractivity contribution in [2.24, 2.45) is 0 Å². The van der Waals surface area contributed by atoms with Crippen molar-refractivity contribution >= 4 is 17.8 Å². The van der Waals surface area contributed by atoms with Gasteiger partial charge in [-0.25, -0.2) is 14.5 Å². The van der Waals surface area contributed by atoms with Crippen molar-refractivity contribution in [2.45, 2.75) is 32.7 Å². The molecule has 1 aliphatic rings. The van der Waals surface area contributed by atoms with Crippen LogP contribution in [0.25, 0.3) is 29.1 Å². The van der Waals surface area contributed by atoms with Crippen LogP contribution in [0.2, 0.25) is 0 Å². The first-order valence-electron chi connectivity index (χ1n) is 11.1. The summed E-state index contributed by atoms with van der Waals surface area (Å²) in [7, 11) is 0. The number of nitrogens with zero attached hydrogens (tertiary/aromatic N) is 6. The Bertz CT molecular complexity index is 1180. The number of benzene rings is 1. The van der Waals surface area contributed by atoms with Crippen LogP contribution >= 0.6 is 0 Å². The van der Waals surface area contributed by atoms with Crippen molar-refractivity contribution in [1.82, 2.24) is 29.0 Å². The summed E-state index contributed by atoms with van der Waals surface area (Å²) in [5.41, 5.74) is 4.06. The van der Waals surface area contributed by atoms with E-state index in [4.69, 9.17) is 4.98 Å². The first-order chi connectivity index (χ1) is 15.3. The molecule has 0 unspecified atom stereocenters. The standard InChI is InChI=1S/C25H28N6/c1-20-9-8-12-25-27-23(28-31(20)25)13-14-24-26-22(21-10-4-2-5-11-21)19-30(24)18-17-29-15-6-3-7-16-29/h2,4-5,8-14,19H,3,6-7,15-18H2,1H3/b14-13+. The predicted molar refractivity (Wildman–Crippen MR) is 125 cm³/mol. The van der Waals surface area contributed by atoms with Gasteiger partial charge >= 0.3 is 0 Å². The molecular weight excluding hydrogens is 384 g/mol. The Morgan fingerprint density at radius 2 is 1.71 bits per heavy atom. The fourth-order valence-electron chi connectivity index (χ4n) is 4.19. The first-order valence-corrected chi connectivity index (χ1v) is 11.1. The van der Waals surface area contributed by atoms with Crippen LogP contribution in [0.4, 0.5) is 0 Å². The molecule has 6 heteroatoms. The number of imidazole rings is 1. The Morgan fingerprint density at radius 3 is 2.52 bits per heavy atom. The van der Waals surface area contributed by atoms with Crippen LogP contribution in [0.1, 0.15) is 36.6 Å². The maximum atomic E-state index is 4.93. The van der Waals surface area contributed by atoms with Crippen LogP contribution in [-0.2, 0) is 6.54 Å². The van der Waals surface area contributed by atoms with E-state index in [1.165, 1.54) is 32.4 Å². The molecule has 0 saturated carbocycles. The number of fused-ring (bicyclic) bond motifs is 1. The maximum Gasteiger partial charge on any atom is 0.175 e. The molecule has 0 bridgehead atoms. The highest BCUT2D eigenvalue weighted by atomic mass is 15.3. The largest absolute Gasteiger partial charge is 0.330 e. The van der Waals surface area contributed by atoms with Gasteiger partial charge in [0.05, 0.1) is 5.69 Å². The maximum absolute atomic E-state index is 4.93. The fourth-order valence-corrected chi connectivity index (χ4v) is 4.19. The molecule has 0 aliphatic carbocycles. The van der Waals surface area contributed by atoms with E-state index in [0.29, 0.717) is 5.82 Å². The molecule has 1 fully saturated rings. The van der Waals surface area contributed by atoms with Crippen molar-refractivity contribution in [3.63, 3.8) is 0 Å². The van der Waals surface area contributed by atoms with E-state index < -0.39 is 0 Å². The second-order valence-corrected chi connectivity index (χ2v) is 8.19. The molecule has 0 spiro atoms. The molecule has 31 heavy (non-hydrogen) atoms. The van der Waals surface area contributed by atoms with Crippen molar-refractivity contribution in [1.29, 1.82) is 0 Å². The molecule has 1 saturated heterocycles. The first kappa shape index (κ1) is 19.7. The Hall–Kier alpha value is -3.25. The zero-order valence-corrected chi connectivity index (χ0v) is 18.0. The average Bonchev–Trinajstić information content (AvgIpc) is 3.42. The van der Waals surface area contributed by atoms with E-state index >= 15 is 0 Å². The molecule has 3 aromatic heterocycles. The lowest BCUT2D eigenvalue weighted by molar-refractivity contribution is 0.220. The number of hydrogen-bond donors (Lipinski definition) is 0. The number of pyridine rings is 1. The van der Waals surface area contributed by atoms with Crippen LogP contribution in [-0.4, -0.2) is 48.7 Å². The van der Waals surface area contributed by atoms with Crippen LogP contribution in [0.3, 0.4) is 0 Å². The molecule has 0 radical (unpaired) electrons. The molecule has 0 atom stereocenters. The molecule has 5 rings (SSSR count). The smallest absolute Gasteiger partial charge is 0.175 e. The van der Waals surface area contributed by atoms with E-state index in [1.54, 1.807) is 0 Å². The summed E-state index contributed by atoms with van der Waals surface area (Å²) in [6, 6.07) is 16.4. The van der Waals surface area contributed by atoms with Crippen LogP contribution in [0, 0.1) is 6.92 Å². The molecule has 6 nitrogen and oxygen atoms in total. The number of hydrogen-bond acceptors (Lipinski definition) is 4. The highest BCUT2D eigenvalue weighted by molar-refractivity contribution is 5.67. The van der Waals surface area contributed by atoms with Crippen molar-refractivity contribution in [2.75, 3.05) is 19.6 Å². The molecule has 158 valence electrons. The normalized spacial score (nSPS) is 15.3.